The van der Waals surface area contributed by atoms with E-state index in [1.807, 2.05) is 15.9 Å². The third kappa shape index (κ3) is 2.87. The Bertz CT molecular complexity index is 619. The summed E-state index contributed by atoms with van der Waals surface area (Å²) < 4.78 is 6.24. The van der Waals surface area contributed by atoms with E-state index in [4.69, 9.17) is 4.74 Å². The minimum absolute atomic E-state index is 0.112. The molecule has 0 aromatic carbocycles. The van der Waals surface area contributed by atoms with Gasteiger partial charge in [0.05, 0.1) is 24.5 Å². The number of amides is 2. The van der Waals surface area contributed by atoms with Crippen LogP contribution >= 0.6 is 0 Å². The molecule has 4 rings (SSSR count). The maximum Gasteiger partial charge on any atom is 0.230 e. The Morgan fingerprint density at radius 3 is 2.88 bits per heavy atom. The maximum atomic E-state index is 13.3. The topological polar surface area (TPSA) is 53.1 Å². The minimum Gasteiger partial charge on any atom is -0.360 e. The van der Waals surface area contributed by atoms with Gasteiger partial charge in [0, 0.05) is 26.2 Å². The molecule has 4 aliphatic heterocycles. The van der Waals surface area contributed by atoms with Crippen LogP contribution in [0.1, 0.15) is 26.7 Å². The van der Waals surface area contributed by atoms with E-state index in [-0.39, 0.29) is 29.8 Å². The van der Waals surface area contributed by atoms with Crippen molar-refractivity contribution in [1.82, 2.24) is 14.7 Å². The molecule has 0 saturated carbocycles. The van der Waals surface area contributed by atoms with Crippen LogP contribution in [0.15, 0.2) is 12.2 Å². The minimum atomic E-state index is -0.568. The van der Waals surface area contributed by atoms with E-state index in [0.29, 0.717) is 12.5 Å². The van der Waals surface area contributed by atoms with Gasteiger partial charge in [-0.05, 0) is 32.4 Å². The van der Waals surface area contributed by atoms with Crippen LogP contribution in [-0.4, -0.2) is 84.5 Å². The molecule has 4 atom stereocenters. The molecular formula is C20H31N3O3. The number of carbonyl (C=O) groups is 2. The highest BCUT2D eigenvalue weighted by Crippen LogP contribution is 2.52. The molecule has 0 unspecified atom stereocenters. The third-order valence-corrected chi connectivity index (χ3v) is 6.47. The number of ether oxygens (including phenoxy) is 1. The molecule has 0 aliphatic carbocycles. The van der Waals surface area contributed by atoms with E-state index in [1.165, 1.54) is 0 Å². The molecule has 4 aliphatic rings. The zero-order chi connectivity index (χ0) is 18.5. The first-order chi connectivity index (χ1) is 12.4. The van der Waals surface area contributed by atoms with Crippen molar-refractivity contribution < 1.29 is 14.3 Å². The molecule has 6 nitrogen and oxygen atoms in total. The van der Waals surface area contributed by atoms with E-state index in [9.17, 15) is 9.59 Å². The van der Waals surface area contributed by atoms with Crippen molar-refractivity contribution in [2.45, 2.75) is 38.4 Å². The van der Waals surface area contributed by atoms with Crippen LogP contribution in [0.4, 0.5) is 0 Å². The average Bonchev–Trinajstić information content (AvgIpc) is 3.17. The Morgan fingerprint density at radius 2 is 2.12 bits per heavy atom. The quantitative estimate of drug-likeness (QED) is 0.701. The molecule has 4 heterocycles. The summed E-state index contributed by atoms with van der Waals surface area (Å²) in [6.45, 7) is 9.13. The molecule has 0 N–H and O–H groups in total. The molecule has 0 radical (unpaired) electrons. The fraction of sp³-hybridized carbons (Fsp3) is 0.800. The number of likely N-dealkylation sites (N-methyl/N-ethyl adjacent to an activating group) is 1. The molecule has 3 saturated heterocycles. The van der Waals surface area contributed by atoms with Crippen LogP contribution in [-0.2, 0) is 14.3 Å². The average molecular weight is 361 g/mol. The molecular weight excluding hydrogens is 330 g/mol. The van der Waals surface area contributed by atoms with Crippen molar-refractivity contribution in [1.29, 1.82) is 0 Å². The standard InChI is InChI=1S/C20H31N3O3/c1-14(2)6-10-23-13-20-7-5-15(26-20)16(17(20)19(23)25)18(24)22-9-4-8-21(3)11-12-22/h5,7,14-17H,4,6,8-13H2,1-3H3/t15-,16+,17+,20-/m0/s1. The predicted octanol–water partition coefficient (Wildman–Crippen LogP) is 0.979. The second kappa shape index (κ2) is 6.64. The van der Waals surface area contributed by atoms with Gasteiger partial charge in [-0.15, -0.1) is 0 Å². The van der Waals surface area contributed by atoms with Gasteiger partial charge in [-0.2, -0.15) is 0 Å². The lowest BCUT2D eigenvalue weighted by Gasteiger charge is -2.29. The third-order valence-electron chi connectivity index (χ3n) is 6.47. The zero-order valence-electron chi connectivity index (χ0n) is 16.2. The lowest BCUT2D eigenvalue weighted by molar-refractivity contribution is -0.143. The largest absolute Gasteiger partial charge is 0.360 e. The first-order valence-corrected chi connectivity index (χ1v) is 10.0. The molecule has 26 heavy (non-hydrogen) atoms. The molecule has 144 valence electrons. The summed E-state index contributed by atoms with van der Waals surface area (Å²) in [6.07, 6.45) is 5.81. The van der Waals surface area contributed by atoms with Crippen molar-refractivity contribution in [2.24, 2.45) is 17.8 Å². The SMILES string of the molecule is CC(C)CCN1C[C@]23C=C[C@H](O2)[C@@H](C(=O)N2CCCN(C)CC2)[C@@H]3C1=O. The Morgan fingerprint density at radius 1 is 1.31 bits per heavy atom. The van der Waals surface area contributed by atoms with Gasteiger partial charge in [0.2, 0.25) is 11.8 Å². The van der Waals surface area contributed by atoms with Gasteiger partial charge < -0.3 is 19.4 Å². The number of fused-ring (bicyclic) bond motifs is 1. The first-order valence-electron chi connectivity index (χ1n) is 10.0. The monoisotopic (exact) mass is 361 g/mol. The highest BCUT2D eigenvalue weighted by atomic mass is 16.5. The lowest BCUT2D eigenvalue weighted by atomic mass is 9.76. The van der Waals surface area contributed by atoms with Crippen molar-refractivity contribution in [3.63, 3.8) is 0 Å². The summed E-state index contributed by atoms with van der Waals surface area (Å²) in [5.41, 5.74) is -0.568. The van der Waals surface area contributed by atoms with Crippen molar-refractivity contribution in [3.8, 4) is 0 Å². The smallest absolute Gasteiger partial charge is 0.230 e. The Hall–Kier alpha value is -1.40. The summed E-state index contributed by atoms with van der Waals surface area (Å²) >= 11 is 0. The summed E-state index contributed by atoms with van der Waals surface area (Å²) in [4.78, 5) is 32.6. The lowest BCUT2D eigenvalue weighted by Crippen LogP contribution is -2.47. The van der Waals surface area contributed by atoms with Gasteiger partial charge in [0.1, 0.15) is 5.60 Å². The van der Waals surface area contributed by atoms with E-state index in [0.717, 1.165) is 45.6 Å². The number of carbonyl (C=O) groups excluding carboxylic acids is 2. The second-order valence-corrected chi connectivity index (χ2v) is 8.82. The molecule has 1 spiro atoms. The van der Waals surface area contributed by atoms with E-state index in [1.54, 1.807) is 0 Å². The van der Waals surface area contributed by atoms with Crippen LogP contribution in [0.25, 0.3) is 0 Å². The number of nitrogens with zero attached hydrogens (tertiary/aromatic N) is 3. The normalized spacial score (nSPS) is 36.9. The van der Waals surface area contributed by atoms with E-state index >= 15 is 0 Å². The summed E-state index contributed by atoms with van der Waals surface area (Å²) in [6, 6.07) is 0. The van der Waals surface area contributed by atoms with Gasteiger partial charge in [-0.1, -0.05) is 26.0 Å². The number of hydrogen-bond donors (Lipinski definition) is 0. The first kappa shape index (κ1) is 18.0. The number of hydrogen-bond acceptors (Lipinski definition) is 4. The Labute approximate surface area is 156 Å². The van der Waals surface area contributed by atoms with E-state index < -0.39 is 5.60 Å². The molecule has 2 bridgehead atoms. The molecule has 0 aromatic rings. The van der Waals surface area contributed by atoms with E-state index in [2.05, 4.69) is 31.9 Å². The van der Waals surface area contributed by atoms with Crippen LogP contribution in [0, 0.1) is 17.8 Å². The number of likely N-dealkylation sites (tertiary alicyclic amines) is 1. The van der Waals surface area contributed by atoms with Crippen LogP contribution < -0.4 is 0 Å². The zero-order valence-corrected chi connectivity index (χ0v) is 16.2. The summed E-state index contributed by atoms with van der Waals surface area (Å²) in [5, 5.41) is 0. The van der Waals surface area contributed by atoms with Crippen LogP contribution in [0.2, 0.25) is 0 Å². The second-order valence-electron chi connectivity index (χ2n) is 8.82. The van der Waals surface area contributed by atoms with Crippen LogP contribution in [0.5, 0.6) is 0 Å². The fourth-order valence-electron chi connectivity index (χ4n) is 4.94. The highest BCUT2D eigenvalue weighted by molar-refractivity contribution is 5.93. The van der Waals surface area contributed by atoms with Crippen molar-refractivity contribution >= 4 is 11.8 Å². The summed E-state index contributed by atoms with van der Waals surface area (Å²) in [7, 11) is 2.10. The van der Waals surface area contributed by atoms with Gasteiger partial charge >= 0.3 is 0 Å². The highest BCUT2D eigenvalue weighted by Gasteiger charge is 2.67. The van der Waals surface area contributed by atoms with Crippen molar-refractivity contribution in [2.75, 3.05) is 46.3 Å². The molecule has 2 amide bonds. The maximum absolute atomic E-state index is 13.3. The van der Waals surface area contributed by atoms with Gasteiger partial charge in [-0.25, -0.2) is 0 Å². The fourth-order valence-corrected chi connectivity index (χ4v) is 4.94. The molecule has 6 heteroatoms. The van der Waals surface area contributed by atoms with Crippen LogP contribution in [0.3, 0.4) is 0 Å². The van der Waals surface area contributed by atoms with Crippen molar-refractivity contribution in [3.05, 3.63) is 12.2 Å². The number of rotatable bonds is 4. The van der Waals surface area contributed by atoms with Gasteiger partial charge in [0.15, 0.2) is 0 Å². The Balaban J connectivity index is 1.52. The Kier molecular flexibility index (Phi) is 4.59. The van der Waals surface area contributed by atoms with Gasteiger partial charge in [-0.3, -0.25) is 9.59 Å². The molecule has 0 aromatic heterocycles. The predicted molar refractivity (Wildman–Crippen MR) is 98.5 cm³/mol. The molecule has 3 fully saturated rings. The summed E-state index contributed by atoms with van der Waals surface area (Å²) in [5.74, 6) is 0.0986. The van der Waals surface area contributed by atoms with Gasteiger partial charge in [0.25, 0.3) is 0 Å².